The summed E-state index contributed by atoms with van der Waals surface area (Å²) in [6.45, 7) is 0. The standard InChI is InChI=1S/C4H4O2.F3NO2S/c5-4-2-1-3-6-4;1-4(2)7(3,5)6/h1-3,5H;. The summed E-state index contributed by atoms with van der Waals surface area (Å²) in [5.41, 5.74) is 0. The van der Waals surface area contributed by atoms with Gasteiger partial charge in [0.25, 0.3) is 5.95 Å². The first-order valence-corrected chi connectivity index (χ1v) is 3.97. The molecular formula is C4H4F3NO4S. The molecule has 0 saturated carbocycles. The molecule has 13 heavy (non-hydrogen) atoms. The second-order valence-electron chi connectivity index (χ2n) is 1.57. The molecule has 0 saturated heterocycles. The molecule has 0 bridgehead atoms. The number of hydrogen-bond acceptors (Lipinski definition) is 4. The van der Waals surface area contributed by atoms with Gasteiger partial charge in [0, 0.05) is 6.07 Å². The van der Waals surface area contributed by atoms with Crippen molar-refractivity contribution in [2.75, 3.05) is 0 Å². The van der Waals surface area contributed by atoms with Gasteiger partial charge in [0.1, 0.15) is 0 Å². The lowest BCUT2D eigenvalue weighted by atomic mass is 10.7. The van der Waals surface area contributed by atoms with Crippen molar-refractivity contribution in [2.24, 2.45) is 0 Å². The Kier molecular flexibility index (Phi) is 4.28. The SMILES string of the molecule is O=S(=O)(F)N(F)F.Oc1ccco1. The molecule has 1 rings (SSSR count). The van der Waals surface area contributed by atoms with Crippen LogP contribution in [0.4, 0.5) is 12.8 Å². The van der Waals surface area contributed by atoms with Crippen LogP contribution in [0, 0.1) is 0 Å². The molecule has 0 aromatic carbocycles. The second-order valence-corrected chi connectivity index (χ2v) is 2.67. The minimum absolute atomic E-state index is 0.0324. The lowest BCUT2D eigenvalue weighted by Crippen LogP contribution is -2.06. The topological polar surface area (TPSA) is 70.8 Å². The molecule has 1 aromatic heterocycles. The van der Waals surface area contributed by atoms with Gasteiger partial charge >= 0.3 is 10.4 Å². The molecule has 0 amide bonds. The van der Waals surface area contributed by atoms with E-state index >= 15 is 0 Å². The maximum atomic E-state index is 10.7. The van der Waals surface area contributed by atoms with Crippen molar-refractivity contribution >= 4 is 10.4 Å². The van der Waals surface area contributed by atoms with Crippen molar-refractivity contribution in [3.05, 3.63) is 18.4 Å². The summed E-state index contributed by atoms with van der Waals surface area (Å²) in [6, 6.07) is 3.09. The van der Waals surface area contributed by atoms with Crippen LogP contribution < -0.4 is 0 Å². The number of hydrogen-bond donors (Lipinski definition) is 1. The fourth-order valence-electron chi connectivity index (χ4n) is 0.270. The lowest BCUT2D eigenvalue weighted by molar-refractivity contribution is -0.0591. The summed E-state index contributed by atoms with van der Waals surface area (Å²) in [7, 11) is -5.74. The van der Waals surface area contributed by atoms with Gasteiger partial charge in [-0.05, 0) is 6.07 Å². The Morgan fingerprint density at radius 3 is 2.00 bits per heavy atom. The first-order chi connectivity index (χ1) is 5.84. The van der Waals surface area contributed by atoms with Crippen LogP contribution in [-0.2, 0) is 10.4 Å². The van der Waals surface area contributed by atoms with E-state index in [4.69, 9.17) is 13.5 Å². The van der Waals surface area contributed by atoms with Crippen molar-refractivity contribution in [1.82, 2.24) is 4.75 Å². The van der Waals surface area contributed by atoms with E-state index in [-0.39, 0.29) is 5.95 Å². The Bertz CT molecular complexity index is 321. The molecule has 9 heteroatoms. The number of rotatable bonds is 1. The average Bonchev–Trinajstić information content (AvgIpc) is 2.38. The molecule has 5 nitrogen and oxygen atoms in total. The molecule has 0 radical (unpaired) electrons. The molecule has 1 aromatic rings. The molecule has 0 atom stereocenters. The van der Waals surface area contributed by atoms with Gasteiger partial charge in [-0.15, -0.1) is 0 Å². The highest BCUT2D eigenvalue weighted by molar-refractivity contribution is 7.83. The van der Waals surface area contributed by atoms with E-state index in [1.165, 1.54) is 12.3 Å². The summed E-state index contributed by atoms with van der Waals surface area (Å²) in [5.74, 6) is -0.0324. The highest BCUT2D eigenvalue weighted by atomic mass is 32.3. The summed E-state index contributed by atoms with van der Waals surface area (Å²) >= 11 is 0. The van der Waals surface area contributed by atoms with Crippen LogP contribution in [0.25, 0.3) is 0 Å². The van der Waals surface area contributed by atoms with Crippen molar-refractivity contribution in [3.8, 4) is 5.95 Å². The number of furan rings is 1. The third-order valence-corrected chi connectivity index (χ3v) is 1.00. The fourth-order valence-corrected chi connectivity index (χ4v) is 0.270. The third kappa shape index (κ3) is 5.99. The smallest absolute Gasteiger partial charge is 0.430 e. The van der Waals surface area contributed by atoms with Crippen LogP contribution in [0.2, 0.25) is 0 Å². The minimum atomic E-state index is -5.74. The van der Waals surface area contributed by atoms with E-state index in [9.17, 15) is 12.8 Å². The predicted molar refractivity (Wildman–Crippen MR) is 34.5 cm³/mol. The average molecular weight is 219 g/mol. The quantitative estimate of drug-likeness (QED) is 0.570. The van der Waals surface area contributed by atoms with Crippen LogP contribution in [0.5, 0.6) is 5.95 Å². The van der Waals surface area contributed by atoms with E-state index in [0.717, 1.165) is 0 Å². The Labute approximate surface area is 71.2 Å². The molecule has 0 aliphatic rings. The molecule has 1 heterocycles. The zero-order valence-electron chi connectivity index (χ0n) is 5.89. The van der Waals surface area contributed by atoms with Gasteiger partial charge in [-0.25, -0.2) is 0 Å². The van der Waals surface area contributed by atoms with E-state index in [2.05, 4.69) is 4.42 Å². The van der Waals surface area contributed by atoms with Gasteiger partial charge in [-0.1, -0.05) is 12.8 Å². The molecule has 0 aliphatic carbocycles. The van der Waals surface area contributed by atoms with E-state index in [1.807, 2.05) is 0 Å². The normalized spacial score (nSPS) is 10.8. The van der Waals surface area contributed by atoms with E-state index in [0.29, 0.717) is 0 Å². The summed E-state index contributed by atoms with van der Waals surface area (Å²) in [4.78, 5) is 0. The van der Waals surface area contributed by atoms with Crippen LogP contribution in [0.1, 0.15) is 0 Å². The highest BCUT2D eigenvalue weighted by Gasteiger charge is 2.18. The number of nitrogens with zero attached hydrogens (tertiary/aromatic N) is 1. The molecule has 76 valence electrons. The maximum Gasteiger partial charge on any atom is 0.430 e. The first kappa shape index (κ1) is 11.8. The summed E-state index contributed by atoms with van der Waals surface area (Å²) < 4.78 is 51.0. The molecule has 1 N–H and O–H groups in total. The Balaban J connectivity index is 0.000000223. The molecule has 0 unspecified atom stereocenters. The third-order valence-electron chi connectivity index (χ3n) is 0.671. The van der Waals surface area contributed by atoms with Gasteiger partial charge in [0.05, 0.1) is 6.26 Å². The first-order valence-electron chi connectivity index (χ1n) is 2.63. The van der Waals surface area contributed by atoms with Gasteiger partial charge < -0.3 is 9.52 Å². The lowest BCUT2D eigenvalue weighted by Gasteiger charge is -1.85. The Hall–Kier alpha value is -1.22. The zero-order chi connectivity index (χ0) is 10.5. The van der Waals surface area contributed by atoms with Crippen molar-refractivity contribution in [2.45, 2.75) is 0 Å². The zero-order valence-corrected chi connectivity index (χ0v) is 6.71. The van der Waals surface area contributed by atoms with Crippen LogP contribution in [0.15, 0.2) is 22.8 Å². The molecular weight excluding hydrogens is 215 g/mol. The van der Waals surface area contributed by atoms with Crippen LogP contribution >= 0.6 is 0 Å². The van der Waals surface area contributed by atoms with Gasteiger partial charge in [-0.3, -0.25) is 0 Å². The second kappa shape index (κ2) is 4.72. The summed E-state index contributed by atoms with van der Waals surface area (Å²) in [5, 5.41) is 8.31. The number of halogens is 3. The molecule has 0 spiro atoms. The monoisotopic (exact) mass is 219 g/mol. The van der Waals surface area contributed by atoms with Gasteiger partial charge in [0.2, 0.25) is 0 Å². The van der Waals surface area contributed by atoms with Crippen LogP contribution in [0.3, 0.4) is 0 Å². The Morgan fingerprint density at radius 1 is 1.46 bits per heavy atom. The van der Waals surface area contributed by atoms with E-state index in [1.54, 1.807) is 6.07 Å². The minimum Gasteiger partial charge on any atom is -0.481 e. The summed E-state index contributed by atoms with van der Waals surface area (Å²) in [6.07, 6.45) is 1.41. The van der Waals surface area contributed by atoms with Gasteiger partial charge in [-0.2, -0.15) is 8.42 Å². The molecule has 0 fully saturated rings. The Morgan fingerprint density at radius 2 is 1.92 bits per heavy atom. The molecule has 0 aliphatic heterocycles. The highest BCUT2D eigenvalue weighted by Crippen LogP contribution is 2.04. The van der Waals surface area contributed by atoms with E-state index < -0.39 is 15.2 Å². The van der Waals surface area contributed by atoms with Crippen molar-refractivity contribution in [1.29, 1.82) is 0 Å². The maximum absolute atomic E-state index is 10.7. The van der Waals surface area contributed by atoms with Crippen molar-refractivity contribution < 1.29 is 30.8 Å². The number of aromatic hydroxyl groups is 1. The fraction of sp³-hybridized carbons (Fsp3) is 0. The predicted octanol–water partition coefficient (Wildman–Crippen LogP) is 1.26. The van der Waals surface area contributed by atoms with Crippen LogP contribution in [-0.4, -0.2) is 18.3 Å². The largest absolute Gasteiger partial charge is 0.481 e. The van der Waals surface area contributed by atoms with Gasteiger partial charge in [0.15, 0.2) is 4.75 Å². The van der Waals surface area contributed by atoms with Crippen molar-refractivity contribution in [3.63, 3.8) is 0 Å².